The van der Waals surface area contributed by atoms with Crippen molar-refractivity contribution in [2.45, 2.75) is 30.5 Å². The molecule has 1 aromatic heterocycles. The van der Waals surface area contributed by atoms with Crippen LogP contribution in [0, 0.1) is 0 Å². The summed E-state index contributed by atoms with van der Waals surface area (Å²) in [6.45, 7) is 0. The Morgan fingerprint density at radius 2 is 1.71 bits per heavy atom. The summed E-state index contributed by atoms with van der Waals surface area (Å²) in [6.07, 6.45) is -3.55. The molecule has 0 aliphatic heterocycles. The van der Waals surface area contributed by atoms with Crippen LogP contribution in [0.25, 0.3) is 0 Å². The Labute approximate surface area is 129 Å². The monoisotopic (exact) mass is 332 g/mol. The second-order valence-corrected chi connectivity index (χ2v) is 7.02. The van der Waals surface area contributed by atoms with E-state index in [-0.39, 0.29) is 0 Å². The quantitative estimate of drug-likeness (QED) is 0.820. The summed E-state index contributed by atoms with van der Waals surface area (Å²) >= 11 is 7.17. The Hall–Kier alpha value is -1.04. The third-order valence-corrected chi connectivity index (χ3v) is 5.25. The van der Waals surface area contributed by atoms with E-state index in [4.69, 9.17) is 11.6 Å². The molecule has 1 nitrogen and oxygen atoms in total. The first kappa shape index (κ1) is 14.9. The zero-order valence-corrected chi connectivity index (χ0v) is 12.4. The van der Waals surface area contributed by atoms with Gasteiger partial charge in [0.05, 0.1) is 16.0 Å². The lowest BCUT2D eigenvalue weighted by Gasteiger charge is -2.22. The van der Waals surface area contributed by atoms with Crippen molar-refractivity contribution < 1.29 is 18.3 Å². The number of halogens is 4. The number of thiophene rings is 1. The molecule has 1 fully saturated rings. The summed E-state index contributed by atoms with van der Waals surface area (Å²) in [5.41, 5.74) is -0.401. The summed E-state index contributed by atoms with van der Waals surface area (Å²) in [7, 11) is 0. The molecule has 6 heteroatoms. The molecule has 21 heavy (non-hydrogen) atoms. The number of hydrogen-bond acceptors (Lipinski definition) is 2. The molecule has 0 bridgehead atoms. The van der Waals surface area contributed by atoms with Crippen LogP contribution in [0.5, 0.6) is 0 Å². The number of aliphatic hydroxyl groups is 1. The Morgan fingerprint density at radius 3 is 2.14 bits per heavy atom. The lowest BCUT2D eigenvalue weighted by molar-refractivity contribution is -0.137. The highest BCUT2D eigenvalue weighted by molar-refractivity contribution is 7.16. The van der Waals surface area contributed by atoms with E-state index in [0.29, 0.717) is 4.34 Å². The Bertz CT molecular complexity index is 644. The molecular weight excluding hydrogens is 321 g/mol. The molecule has 1 aliphatic carbocycles. The molecule has 1 unspecified atom stereocenters. The minimum Gasteiger partial charge on any atom is -0.387 e. The molecule has 1 atom stereocenters. The van der Waals surface area contributed by atoms with Gasteiger partial charge in [-0.2, -0.15) is 13.2 Å². The van der Waals surface area contributed by atoms with Crippen LogP contribution >= 0.6 is 22.9 Å². The predicted molar refractivity (Wildman–Crippen MR) is 76.6 cm³/mol. The first-order valence-electron chi connectivity index (χ1n) is 6.44. The van der Waals surface area contributed by atoms with Crippen molar-refractivity contribution in [3.05, 3.63) is 56.7 Å². The van der Waals surface area contributed by atoms with Crippen molar-refractivity contribution in [3.8, 4) is 0 Å². The highest BCUT2D eigenvalue weighted by atomic mass is 35.5. The van der Waals surface area contributed by atoms with E-state index in [9.17, 15) is 18.3 Å². The van der Waals surface area contributed by atoms with Crippen LogP contribution < -0.4 is 0 Å². The van der Waals surface area contributed by atoms with Crippen molar-refractivity contribution in [3.63, 3.8) is 0 Å². The van der Waals surface area contributed by atoms with Crippen LogP contribution in [0.4, 0.5) is 13.2 Å². The molecule has 2 aromatic rings. The minimum absolute atomic E-state index is 0.474. The lowest BCUT2D eigenvalue weighted by atomic mass is 9.88. The van der Waals surface area contributed by atoms with Crippen LogP contribution in [0.3, 0.4) is 0 Å². The van der Waals surface area contributed by atoms with E-state index >= 15 is 0 Å². The van der Waals surface area contributed by atoms with Gasteiger partial charge >= 0.3 is 6.18 Å². The SMILES string of the molecule is OC(c1ccc(Cl)s1)C1(c2ccc(C(F)(F)F)cc2)CC1. The molecule has 0 radical (unpaired) electrons. The van der Waals surface area contributed by atoms with Crippen molar-refractivity contribution in [1.82, 2.24) is 0 Å². The van der Waals surface area contributed by atoms with Crippen LogP contribution in [-0.2, 0) is 11.6 Å². The number of aliphatic hydroxyl groups excluding tert-OH is 1. The highest BCUT2D eigenvalue weighted by Gasteiger charge is 2.51. The van der Waals surface area contributed by atoms with Crippen LogP contribution in [0.1, 0.15) is 34.9 Å². The van der Waals surface area contributed by atoms with Gasteiger partial charge in [0, 0.05) is 10.3 Å². The maximum Gasteiger partial charge on any atom is 0.416 e. The van der Waals surface area contributed by atoms with Crippen molar-refractivity contribution in [2.75, 3.05) is 0 Å². The normalized spacial score (nSPS) is 18.5. The Morgan fingerprint density at radius 1 is 1.10 bits per heavy atom. The van der Waals surface area contributed by atoms with Gasteiger partial charge in [-0.05, 0) is 42.7 Å². The lowest BCUT2D eigenvalue weighted by Crippen LogP contribution is -2.17. The Balaban J connectivity index is 1.89. The van der Waals surface area contributed by atoms with Gasteiger partial charge < -0.3 is 5.11 Å². The van der Waals surface area contributed by atoms with E-state index < -0.39 is 23.3 Å². The molecule has 3 rings (SSSR count). The van der Waals surface area contributed by atoms with E-state index in [1.807, 2.05) is 0 Å². The standard InChI is InChI=1S/C15H12ClF3OS/c16-12-6-5-11(21-12)13(20)14(7-8-14)9-1-3-10(4-2-9)15(17,18)19/h1-6,13,20H,7-8H2. The van der Waals surface area contributed by atoms with Crippen molar-refractivity contribution in [1.29, 1.82) is 0 Å². The molecule has 1 aromatic carbocycles. The fourth-order valence-electron chi connectivity index (χ4n) is 2.59. The Kier molecular flexibility index (Phi) is 3.55. The van der Waals surface area contributed by atoms with E-state index in [0.717, 1.165) is 35.4 Å². The summed E-state index contributed by atoms with van der Waals surface area (Å²) in [5, 5.41) is 10.5. The molecule has 0 spiro atoms. The number of hydrogen-bond donors (Lipinski definition) is 1. The topological polar surface area (TPSA) is 20.2 Å². The first-order valence-corrected chi connectivity index (χ1v) is 7.63. The van der Waals surface area contributed by atoms with Crippen molar-refractivity contribution >= 4 is 22.9 Å². The van der Waals surface area contributed by atoms with Gasteiger partial charge in [0.1, 0.15) is 0 Å². The molecule has 112 valence electrons. The van der Waals surface area contributed by atoms with Crippen LogP contribution in [-0.4, -0.2) is 5.11 Å². The second kappa shape index (κ2) is 5.00. The van der Waals surface area contributed by atoms with E-state index in [2.05, 4.69) is 0 Å². The van der Waals surface area contributed by atoms with Crippen molar-refractivity contribution in [2.24, 2.45) is 0 Å². The number of alkyl halides is 3. The third kappa shape index (κ3) is 2.70. The number of rotatable bonds is 3. The predicted octanol–water partition coefficient (Wildman–Crippen LogP) is 5.19. The minimum atomic E-state index is -4.34. The van der Waals surface area contributed by atoms with Gasteiger partial charge in [0.2, 0.25) is 0 Å². The highest BCUT2D eigenvalue weighted by Crippen LogP contribution is 2.57. The smallest absolute Gasteiger partial charge is 0.387 e. The van der Waals surface area contributed by atoms with Crippen LogP contribution in [0.15, 0.2) is 36.4 Å². The van der Waals surface area contributed by atoms with Gasteiger partial charge in [-0.25, -0.2) is 0 Å². The molecule has 1 saturated carbocycles. The number of benzene rings is 1. The van der Waals surface area contributed by atoms with E-state index in [1.54, 1.807) is 12.1 Å². The summed E-state index contributed by atoms with van der Waals surface area (Å²) in [4.78, 5) is 0.748. The van der Waals surface area contributed by atoms with Crippen LogP contribution in [0.2, 0.25) is 4.34 Å². The molecule has 1 heterocycles. The third-order valence-electron chi connectivity index (χ3n) is 3.96. The molecular formula is C15H12ClF3OS. The van der Waals surface area contributed by atoms with E-state index in [1.165, 1.54) is 23.5 Å². The second-order valence-electron chi connectivity index (χ2n) is 5.28. The average Bonchev–Trinajstić information content (AvgIpc) is 3.14. The zero-order valence-electron chi connectivity index (χ0n) is 10.8. The summed E-state index contributed by atoms with van der Waals surface area (Å²) < 4.78 is 38.4. The maximum atomic E-state index is 12.6. The molecule has 0 amide bonds. The van der Waals surface area contributed by atoms with Gasteiger partial charge in [0.25, 0.3) is 0 Å². The largest absolute Gasteiger partial charge is 0.416 e. The summed E-state index contributed by atoms with van der Waals surface area (Å²) in [6, 6.07) is 8.56. The molecule has 0 saturated heterocycles. The van der Waals surface area contributed by atoms with Gasteiger partial charge in [-0.3, -0.25) is 0 Å². The van der Waals surface area contributed by atoms with Gasteiger partial charge in [0.15, 0.2) is 0 Å². The average molecular weight is 333 g/mol. The fraction of sp³-hybridized carbons (Fsp3) is 0.333. The molecule has 1 N–H and O–H groups in total. The molecule has 1 aliphatic rings. The maximum absolute atomic E-state index is 12.6. The van der Waals surface area contributed by atoms with Gasteiger partial charge in [-0.1, -0.05) is 23.7 Å². The summed E-state index contributed by atoms with van der Waals surface area (Å²) in [5.74, 6) is 0. The first-order chi connectivity index (χ1) is 9.83. The van der Waals surface area contributed by atoms with Gasteiger partial charge in [-0.15, -0.1) is 11.3 Å². The fourth-order valence-corrected chi connectivity index (χ4v) is 3.76. The zero-order chi connectivity index (χ0) is 15.3.